The van der Waals surface area contributed by atoms with Crippen LogP contribution in [0.15, 0.2) is 47.6 Å². The molecule has 2 aromatic carbocycles. The lowest BCUT2D eigenvalue weighted by molar-refractivity contribution is 0.305. The lowest BCUT2D eigenvalue weighted by Crippen LogP contribution is -2.00. The maximum absolute atomic E-state index is 8.80. The van der Waals surface area contributed by atoms with E-state index in [0.717, 1.165) is 11.3 Å². The molecule has 0 heterocycles. The van der Waals surface area contributed by atoms with E-state index in [4.69, 9.17) is 9.94 Å². The molecule has 20 heavy (non-hydrogen) atoms. The third-order valence-electron chi connectivity index (χ3n) is 3.30. The molecule has 0 saturated carbocycles. The van der Waals surface area contributed by atoms with Gasteiger partial charge in [0.15, 0.2) is 0 Å². The van der Waals surface area contributed by atoms with Crippen LogP contribution in [0.4, 0.5) is 0 Å². The SMILES string of the molecule is CC(=NO)c1cccc(OCc2cc(C)ccc2C)c1. The van der Waals surface area contributed by atoms with Gasteiger partial charge in [-0.05, 0) is 44.0 Å². The van der Waals surface area contributed by atoms with Gasteiger partial charge in [-0.2, -0.15) is 0 Å². The first-order chi connectivity index (χ1) is 9.60. The van der Waals surface area contributed by atoms with Crippen LogP contribution in [0.1, 0.15) is 29.2 Å². The standard InChI is InChI=1S/C17H19NO2/c1-12-7-8-13(2)16(9-12)11-20-17-6-4-5-15(10-17)14(3)18-19/h4-10,19H,11H2,1-3H3. The van der Waals surface area contributed by atoms with Crippen molar-refractivity contribution in [2.45, 2.75) is 27.4 Å². The Morgan fingerprint density at radius 2 is 1.95 bits per heavy atom. The van der Waals surface area contributed by atoms with E-state index in [2.05, 4.69) is 37.2 Å². The van der Waals surface area contributed by atoms with E-state index in [1.807, 2.05) is 24.3 Å². The smallest absolute Gasteiger partial charge is 0.120 e. The van der Waals surface area contributed by atoms with Gasteiger partial charge in [0, 0.05) is 5.56 Å². The average Bonchev–Trinajstić information content (AvgIpc) is 2.47. The van der Waals surface area contributed by atoms with Crippen molar-refractivity contribution in [2.75, 3.05) is 0 Å². The lowest BCUT2D eigenvalue weighted by atomic mass is 10.1. The van der Waals surface area contributed by atoms with E-state index in [0.29, 0.717) is 12.3 Å². The number of hydrogen-bond donors (Lipinski definition) is 1. The van der Waals surface area contributed by atoms with Crippen LogP contribution in [0, 0.1) is 13.8 Å². The highest BCUT2D eigenvalue weighted by Gasteiger charge is 2.03. The molecule has 0 saturated heterocycles. The van der Waals surface area contributed by atoms with Crippen molar-refractivity contribution >= 4 is 5.71 Å². The summed E-state index contributed by atoms with van der Waals surface area (Å²) >= 11 is 0. The number of ether oxygens (including phenoxy) is 1. The summed E-state index contributed by atoms with van der Waals surface area (Å²) in [5, 5.41) is 12.0. The molecule has 2 rings (SSSR count). The van der Waals surface area contributed by atoms with E-state index < -0.39 is 0 Å². The molecule has 2 aromatic rings. The van der Waals surface area contributed by atoms with E-state index in [-0.39, 0.29) is 0 Å². The Balaban J connectivity index is 2.13. The van der Waals surface area contributed by atoms with Crippen molar-refractivity contribution in [2.24, 2.45) is 5.16 Å². The van der Waals surface area contributed by atoms with Crippen LogP contribution in [-0.2, 0) is 6.61 Å². The van der Waals surface area contributed by atoms with Crippen LogP contribution in [0.2, 0.25) is 0 Å². The average molecular weight is 269 g/mol. The second-order valence-electron chi connectivity index (χ2n) is 4.93. The largest absolute Gasteiger partial charge is 0.489 e. The molecular weight excluding hydrogens is 250 g/mol. The number of hydrogen-bond acceptors (Lipinski definition) is 3. The number of nitrogens with zero attached hydrogens (tertiary/aromatic N) is 1. The summed E-state index contributed by atoms with van der Waals surface area (Å²) in [5.74, 6) is 0.770. The zero-order chi connectivity index (χ0) is 14.5. The zero-order valence-corrected chi connectivity index (χ0v) is 12.1. The Kier molecular flexibility index (Phi) is 4.41. The quantitative estimate of drug-likeness (QED) is 0.516. The summed E-state index contributed by atoms with van der Waals surface area (Å²) in [6, 6.07) is 13.9. The predicted molar refractivity (Wildman–Crippen MR) is 80.7 cm³/mol. The Hall–Kier alpha value is -2.29. The fourth-order valence-corrected chi connectivity index (χ4v) is 1.99. The Bertz CT molecular complexity index is 633. The number of rotatable bonds is 4. The molecule has 0 bridgehead atoms. The molecule has 0 radical (unpaired) electrons. The predicted octanol–water partition coefficient (Wildman–Crippen LogP) is 4.08. The fraction of sp³-hybridized carbons (Fsp3) is 0.235. The van der Waals surface area contributed by atoms with Gasteiger partial charge in [-0.3, -0.25) is 0 Å². The Morgan fingerprint density at radius 3 is 2.70 bits per heavy atom. The van der Waals surface area contributed by atoms with Crippen LogP contribution >= 0.6 is 0 Å². The monoisotopic (exact) mass is 269 g/mol. The normalized spacial score (nSPS) is 11.4. The molecule has 0 aliphatic rings. The maximum atomic E-state index is 8.80. The zero-order valence-electron chi connectivity index (χ0n) is 12.1. The summed E-state index contributed by atoms with van der Waals surface area (Å²) in [5.41, 5.74) is 5.06. The molecule has 0 aromatic heterocycles. The molecule has 1 N–H and O–H groups in total. The van der Waals surface area contributed by atoms with Gasteiger partial charge in [0.2, 0.25) is 0 Å². The second-order valence-corrected chi connectivity index (χ2v) is 4.93. The second kappa shape index (κ2) is 6.24. The van der Waals surface area contributed by atoms with E-state index in [1.54, 1.807) is 6.92 Å². The van der Waals surface area contributed by atoms with Crippen LogP contribution in [0.25, 0.3) is 0 Å². The van der Waals surface area contributed by atoms with Gasteiger partial charge in [0.1, 0.15) is 12.4 Å². The first-order valence-corrected chi connectivity index (χ1v) is 6.58. The third-order valence-corrected chi connectivity index (χ3v) is 3.30. The van der Waals surface area contributed by atoms with Crippen molar-refractivity contribution in [1.29, 1.82) is 0 Å². The molecule has 0 atom stereocenters. The minimum absolute atomic E-state index is 0.534. The molecular formula is C17H19NO2. The van der Waals surface area contributed by atoms with Crippen molar-refractivity contribution in [3.05, 3.63) is 64.7 Å². The van der Waals surface area contributed by atoms with Gasteiger partial charge < -0.3 is 9.94 Å². The third kappa shape index (κ3) is 3.38. The molecule has 0 amide bonds. The van der Waals surface area contributed by atoms with Gasteiger partial charge in [0.25, 0.3) is 0 Å². The molecule has 0 aliphatic carbocycles. The fourth-order valence-electron chi connectivity index (χ4n) is 1.99. The molecule has 0 unspecified atom stereocenters. The van der Waals surface area contributed by atoms with Crippen molar-refractivity contribution in [3.8, 4) is 5.75 Å². The van der Waals surface area contributed by atoms with Crippen LogP contribution in [0.3, 0.4) is 0 Å². The molecule has 3 nitrogen and oxygen atoms in total. The van der Waals surface area contributed by atoms with Crippen LogP contribution in [0.5, 0.6) is 5.75 Å². The minimum atomic E-state index is 0.534. The van der Waals surface area contributed by atoms with Crippen molar-refractivity contribution < 1.29 is 9.94 Å². The number of oxime groups is 1. The van der Waals surface area contributed by atoms with Gasteiger partial charge >= 0.3 is 0 Å². The van der Waals surface area contributed by atoms with Gasteiger partial charge in [0.05, 0.1) is 5.71 Å². The highest BCUT2D eigenvalue weighted by atomic mass is 16.5. The number of benzene rings is 2. The molecule has 0 aliphatic heterocycles. The van der Waals surface area contributed by atoms with Gasteiger partial charge in [-0.15, -0.1) is 0 Å². The maximum Gasteiger partial charge on any atom is 0.120 e. The molecule has 0 spiro atoms. The Morgan fingerprint density at radius 1 is 1.15 bits per heavy atom. The van der Waals surface area contributed by atoms with E-state index >= 15 is 0 Å². The molecule has 0 fully saturated rings. The topological polar surface area (TPSA) is 41.8 Å². The van der Waals surface area contributed by atoms with Gasteiger partial charge in [-0.1, -0.05) is 41.1 Å². The lowest BCUT2D eigenvalue weighted by Gasteiger charge is -2.10. The Labute approximate surface area is 119 Å². The highest BCUT2D eigenvalue weighted by Crippen LogP contribution is 2.18. The van der Waals surface area contributed by atoms with E-state index in [1.165, 1.54) is 16.7 Å². The summed E-state index contributed by atoms with van der Waals surface area (Å²) in [6.07, 6.45) is 0. The first kappa shape index (κ1) is 14.1. The molecule has 104 valence electrons. The summed E-state index contributed by atoms with van der Waals surface area (Å²) in [7, 11) is 0. The summed E-state index contributed by atoms with van der Waals surface area (Å²) in [4.78, 5) is 0. The van der Waals surface area contributed by atoms with E-state index in [9.17, 15) is 0 Å². The van der Waals surface area contributed by atoms with Gasteiger partial charge in [-0.25, -0.2) is 0 Å². The van der Waals surface area contributed by atoms with Crippen LogP contribution in [-0.4, -0.2) is 10.9 Å². The van der Waals surface area contributed by atoms with Crippen molar-refractivity contribution in [1.82, 2.24) is 0 Å². The summed E-state index contributed by atoms with van der Waals surface area (Å²) in [6.45, 7) is 6.44. The summed E-state index contributed by atoms with van der Waals surface area (Å²) < 4.78 is 5.83. The highest BCUT2D eigenvalue weighted by molar-refractivity contribution is 5.98. The first-order valence-electron chi connectivity index (χ1n) is 6.58. The number of aryl methyl sites for hydroxylation is 2. The minimum Gasteiger partial charge on any atom is -0.489 e. The molecule has 3 heteroatoms. The van der Waals surface area contributed by atoms with Crippen LogP contribution < -0.4 is 4.74 Å². The van der Waals surface area contributed by atoms with Crippen molar-refractivity contribution in [3.63, 3.8) is 0 Å².